The number of nitrogens with zero attached hydrogens (tertiary/aromatic N) is 2. The van der Waals surface area contributed by atoms with Crippen LogP contribution in [-0.4, -0.2) is 61.6 Å². The van der Waals surface area contributed by atoms with Gasteiger partial charge in [-0.15, -0.1) is 0 Å². The minimum atomic E-state index is -0.683. The van der Waals surface area contributed by atoms with E-state index in [1.807, 2.05) is 6.92 Å². The summed E-state index contributed by atoms with van der Waals surface area (Å²) in [6, 6.07) is 5.17. The quantitative estimate of drug-likeness (QED) is 0.619. The summed E-state index contributed by atoms with van der Waals surface area (Å²) in [4.78, 5) is 37.6. The number of ether oxygens (including phenoxy) is 1. The molecule has 24 heavy (non-hydrogen) atoms. The van der Waals surface area contributed by atoms with Gasteiger partial charge in [0.15, 0.2) is 6.23 Å². The van der Waals surface area contributed by atoms with Crippen molar-refractivity contribution in [1.82, 2.24) is 10.1 Å². The van der Waals surface area contributed by atoms with Gasteiger partial charge in [-0.25, -0.2) is 9.74 Å². The van der Waals surface area contributed by atoms with Crippen LogP contribution in [-0.2, 0) is 14.4 Å². The number of amides is 2. The van der Waals surface area contributed by atoms with Crippen LogP contribution in [0.25, 0.3) is 0 Å². The number of carbonyl (C=O) groups excluding carboxylic acids is 2. The van der Waals surface area contributed by atoms with Crippen LogP contribution < -0.4 is 5.32 Å². The summed E-state index contributed by atoms with van der Waals surface area (Å²) in [6.07, 6.45) is -0.261. The number of hydrogen-bond acceptors (Lipinski definition) is 7. The molecule has 2 aliphatic heterocycles. The maximum absolute atomic E-state index is 12.8. The van der Waals surface area contributed by atoms with E-state index in [-0.39, 0.29) is 11.8 Å². The highest BCUT2D eigenvalue weighted by Gasteiger charge is 2.43. The zero-order valence-electron chi connectivity index (χ0n) is 13.8. The first kappa shape index (κ1) is 16.8. The molecule has 2 heterocycles. The Bertz CT molecular complexity index is 636. The highest BCUT2D eigenvalue weighted by molar-refractivity contribution is 6.23. The van der Waals surface area contributed by atoms with Crippen molar-refractivity contribution in [2.75, 3.05) is 38.7 Å². The zero-order chi connectivity index (χ0) is 17.1. The lowest BCUT2D eigenvalue weighted by Gasteiger charge is -2.34. The largest absolute Gasteiger partial charge is 0.387 e. The van der Waals surface area contributed by atoms with Crippen molar-refractivity contribution in [2.24, 2.45) is 0 Å². The zero-order valence-corrected chi connectivity index (χ0v) is 13.8. The van der Waals surface area contributed by atoms with Crippen LogP contribution >= 0.6 is 0 Å². The molecule has 0 aliphatic carbocycles. The van der Waals surface area contributed by atoms with E-state index in [4.69, 9.17) is 14.4 Å². The van der Waals surface area contributed by atoms with Crippen LogP contribution in [0.15, 0.2) is 18.2 Å². The first-order valence-electron chi connectivity index (χ1n) is 8.01. The molecule has 0 bridgehead atoms. The van der Waals surface area contributed by atoms with Crippen molar-refractivity contribution >= 4 is 17.5 Å². The maximum Gasteiger partial charge on any atom is 0.265 e. The summed E-state index contributed by atoms with van der Waals surface area (Å²) in [5.41, 5.74) is 1.41. The van der Waals surface area contributed by atoms with E-state index in [1.54, 1.807) is 25.2 Å². The number of carbonyl (C=O) groups is 2. The van der Waals surface area contributed by atoms with Gasteiger partial charge in [-0.3, -0.25) is 14.4 Å². The summed E-state index contributed by atoms with van der Waals surface area (Å²) in [6.45, 7) is 3.70. The van der Waals surface area contributed by atoms with Crippen molar-refractivity contribution in [1.29, 1.82) is 0 Å². The van der Waals surface area contributed by atoms with Gasteiger partial charge in [0, 0.05) is 25.8 Å². The number of hydrogen-bond donors (Lipinski definition) is 1. The lowest BCUT2D eigenvalue weighted by Crippen LogP contribution is -2.49. The molecule has 3 rings (SSSR count). The van der Waals surface area contributed by atoms with E-state index in [2.05, 4.69) is 5.32 Å². The number of fused-ring (bicyclic) bond motifs is 1. The van der Waals surface area contributed by atoms with E-state index >= 15 is 0 Å². The normalized spacial score (nSPS) is 21.2. The van der Waals surface area contributed by atoms with Crippen LogP contribution in [0.1, 0.15) is 34.1 Å². The van der Waals surface area contributed by atoms with E-state index in [1.165, 1.54) is 10.1 Å². The van der Waals surface area contributed by atoms with Crippen LogP contribution in [0.3, 0.4) is 0 Å². The average Bonchev–Trinajstić information content (AvgIpc) is 2.86. The Balaban J connectivity index is 1.76. The number of nitrogens with one attached hydrogen (secondary N) is 1. The molecule has 0 spiro atoms. The SMILES string of the molecule is CCOCCN1OCCC(N2C(=O)c3cccc(NC)c3C2=O)O1. The lowest BCUT2D eigenvalue weighted by atomic mass is 10.1. The van der Waals surface area contributed by atoms with Crippen LogP contribution in [0, 0.1) is 0 Å². The van der Waals surface area contributed by atoms with Crippen molar-refractivity contribution in [3.63, 3.8) is 0 Å². The average molecular weight is 335 g/mol. The molecule has 8 nitrogen and oxygen atoms in total. The molecule has 0 saturated carbocycles. The molecule has 1 aromatic carbocycles. The standard InChI is InChI=1S/C16H21N3O5/c1-3-22-10-8-18-23-9-7-13(24-18)19-15(20)11-5-4-6-12(17-2)14(11)16(19)21/h4-6,13,17H,3,7-10H2,1-2H3. The van der Waals surface area contributed by atoms with Crippen LogP contribution in [0.4, 0.5) is 5.69 Å². The molecule has 8 heteroatoms. The van der Waals surface area contributed by atoms with Gasteiger partial charge in [0.2, 0.25) is 0 Å². The molecular formula is C16H21N3O5. The Morgan fingerprint density at radius 3 is 2.92 bits per heavy atom. The van der Waals surface area contributed by atoms with E-state index in [0.717, 1.165) is 0 Å². The highest BCUT2D eigenvalue weighted by atomic mass is 17.0. The van der Waals surface area contributed by atoms with E-state index in [9.17, 15) is 9.59 Å². The minimum absolute atomic E-state index is 0.344. The Morgan fingerprint density at radius 1 is 1.33 bits per heavy atom. The van der Waals surface area contributed by atoms with Crippen molar-refractivity contribution in [2.45, 2.75) is 19.6 Å². The third kappa shape index (κ3) is 3.01. The van der Waals surface area contributed by atoms with Crippen molar-refractivity contribution < 1.29 is 24.0 Å². The predicted molar refractivity (Wildman–Crippen MR) is 85.1 cm³/mol. The molecule has 130 valence electrons. The van der Waals surface area contributed by atoms with Gasteiger partial charge in [0.1, 0.15) is 0 Å². The Labute approximate surface area is 140 Å². The fourth-order valence-electron chi connectivity index (χ4n) is 2.82. The fourth-order valence-corrected chi connectivity index (χ4v) is 2.82. The first-order chi connectivity index (χ1) is 11.7. The van der Waals surface area contributed by atoms with Gasteiger partial charge in [0.25, 0.3) is 11.8 Å². The monoisotopic (exact) mass is 335 g/mol. The van der Waals surface area contributed by atoms with E-state index in [0.29, 0.717) is 49.6 Å². The molecule has 2 aliphatic rings. The molecule has 0 aromatic heterocycles. The number of hydroxylamine groups is 2. The number of imide groups is 1. The summed E-state index contributed by atoms with van der Waals surface area (Å²) in [5.74, 6) is -0.694. The smallest absolute Gasteiger partial charge is 0.265 e. The molecular weight excluding hydrogens is 314 g/mol. The van der Waals surface area contributed by atoms with Crippen molar-refractivity contribution in [3.8, 4) is 0 Å². The fraction of sp³-hybridized carbons (Fsp3) is 0.500. The summed E-state index contributed by atoms with van der Waals surface area (Å²) in [7, 11) is 1.72. The topological polar surface area (TPSA) is 80.3 Å². The van der Waals surface area contributed by atoms with Crippen molar-refractivity contribution in [3.05, 3.63) is 29.3 Å². The molecule has 1 N–H and O–H groups in total. The molecule has 1 unspecified atom stereocenters. The summed E-state index contributed by atoms with van der Waals surface area (Å²) < 4.78 is 5.26. The number of rotatable bonds is 6. The Kier molecular flexibility index (Phi) is 5.10. The molecule has 0 radical (unpaired) electrons. The van der Waals surface area contributed by atoms with E-state index < -0.39 is 6.23 Å². The van der Waals surface area contributed by atoms with Gasteiger partial charge < -0.3 is 10.1 Å². The van der Waals surface area contributed by atoms with Gasteiger partial charge in [-0.05, 0) is 19.1 Å². The second kappa shape index (κ2) is 7.27. The third-order valence-corrected chi connectivity index (χ3v) is 3.97. The van der Waals surface area contributed by atoms with Crippen LogP contribution in [0.5, 0.6) is 0 Å². The number of benzene rings is 1. The molecule has 1 aromatic rings. The lowest BCUT2D eigenvalue weighted by molar-refractivity contribution is -0.425. The molecule has 1 saturated heterocycles. The minimum Gasteiger partial charge on any atom is -0.387 e. The maximum atomic E-state index is 12.8. The summed E-state index contributed by atoms with van der Waals surface area (Å²) >= 11 is 0. The molecule has 1 fully saturated rings. The van der Waals surface area contributed by atoms with Gasteiger partial charge in [-0.2, -0.15) is 0 Å². The third-order valence-electron chi connectivity index (χ3n) is 3.97. The number of anilines is 1. The molecule has 2 amide bonds. The van der Waals surface area contributed by atoms with Crippen LogP contribution in [0.2, 0.25) is 0 Å². The van der Waals surface area contributed by atoms with Gasteiger partial charge in [0.05, 0.1) is 30.9 Å². The highest BCUT2D eigenvalue weighted by Crippen LogP contribution is 2.32. The predicted octanol–water partition coefficient (Wildman–Crippen LogP) is 1.26. The Morgan fingerprint density at radius 2 is 2.17 bits per heavy atom. The first-order valence-corrected chi connectivity index (χ1v) is 8.01. The Hall–Kier alpha value is -2.00. The molecule has 1 atom stereocenters. The summed E-state index contributed by atoms with van der Waals surface area (Å²) in [5, 5.41) is 4.24. The second-order valence-electron chi connectivity index (χ2n) is 5.39. The van der Waals surface area contributed by atoms with Gasteiger partial charge in [-0.1, -0.05) is 11.3 Å². The van der Waals surface area contributed by atoms with Gasteiger partial charge >= 0.3 is 0 Å². The second-order valence-corrected chi connectivity index (χ2v) is 5.39.